The highest BCUT2D eigenvalue weighted by Crippen LogP contribution is 2.29. The molecule has 5 heteroatoms. The summed E-state index contributed by atoms with van der Waals surface area (Å²) in [6.45, 7) is 5.07. The molecule has 2 amide bonds. The summed E-state index contributed by atoms with van der Waals surface area (Å²) >= 11 is 0.951. The molecule has 118 valence electrons. The number of hydrogen-bond acceptors (Lipinski definition) is 3. The van der Waals surface area contributed by atoms with Gasteiger partial charge < -0.3 is 4.57 Å². The Morgan fingerprint density at radius 2 is 2.04 bits per heavy atom. The third-order valence-corrected chi connectivity index (χ3v) is 4.48. The van der Waals surface area contributed by atoms with E-state index in [1.165, 1.54) is 5.57 Å². The number of para-hydroxylation sites is 1. The van der Waals surface area contributed by atoms with Gasteiger partial charge in [-0.2, -0.15) is 0 Å². The molecule has 0 unspecified atom stereocenters. The maximum absolute atomic E-state index is 11.7. The normalized spacial score (nSPS) is 16.2. The smallest absolute Gasteiger partial charge is 0.290 e. The Morgan fingerprint density at radius 1 is 1.26 bits per heavy atom. The fourth-order valence-corrected chi connectivity index (χ4v) is 3.30. The van der Waals surface area contributed by atoms with Crippen LogP contribution in [0.25, 0.3) is 17.0 Å². The number of fused-ring (bicyclic) bond motifs is 1. The summed E-state index contributed by atoms with van der Waals surface area (Å²) in [6, 6.07) is 8.11. The SMILES string of the molecule is CC(C)=CCCn1cc(C=C2SC(=O)NC2=O)c2ccccc21. The van der Waals surface area contributed by atoms with E-state index in [1.807, 2.05) is 24.4 Å². The van der Waals surface area contributed by atoms with Crippen molar-refractivity contribution in [2.75, 3.05) is 0 Å². The lowest BCUT2D eigenvalue weighted by atomic mass is 10.1. The van der Waals surface area contributed by atoms with E-state index < -0.39 is 0 Å². The summed E-state index contributed by atoms with van der Waals surface area (Å²) in [5, 5.41) is 3.07. The highest BCUT2D eigenvalue weighted by atomic mass is 32.2. The number of carbonyl (C=O) groups excluding carboxylic acids is 2. The standard InChI is InChI=1S/C18H18N2O2S/c1-12(2)6-5-9-20-11-13(14-7-3-4-8-15(14)20)10-16-17(21)19-18(22)23-16/h3-4,6-8,10-11H,5,9H2,1-2H3,(H,19,21,22). The number of nitrogens with zero attached hydrogens (tertiary/aromatic N) is 1. The van der Waals surface area contributed by atoms with Crippen LogP contribution in [0.5, 0.6) is 0 Å². The van der Waals surface area contributed by atoms with E-state index >= 15 is 0 Å². The van der Waals surface area contributed by atoms with E-state index in [2.05, 4.69) is 35.9 Å². The van der Waals surface area contributed by atoms with Crippen LogP contribution in [0, 0.1) is 0 Å². The maximum Gasteiger partial charge on any atom is 0.290 e. The minimum Gasteiger partial charge on any atom is -0.347 e. The number of aryl methyl sites for hydroxylation is 1. The summed E-state index contributed by atoms with van der Waals surface area (Å²) in [4.78, 5) is 23.5. The first-order valence-electron chi connectivity index (χ1n) is 7.50. The van der Waals surface area contributed by atoms with Crippen molar-refractivity contribution in [2.45, 2.75) is 26.8 Å². The largest absolute Gasteiger partial charge is 0.347 e. The van der Waals surface area contributed by atoms with Crippen LogP contribution >= 0.6 is 11.8 Å². The number of hydrogen-bond donors (Lipinski definition) is 1. The maximum atomic E-state index is 11.7. The quantitative estimate of drug-likeness (QED) is 0.672. The molecule has 23 heavy (non-hydrogen) atoms. The molecular weight excluding hydrogens is 308 g/mol. The first kappa shape index (κ1) is 15.6. The van der Waals surface area contributed by atoms with Gasteiger partial charge in [-0.1, -0.05) is 29.8 Å². The van der Waals surface area contributed by atoms with Gasteiger partial charge in [0.15, 0.2) is 0 Å². The zero-order chi connectivity index (χ0) is 16.4. The molecule has 1 aliphatic rings. The summed E-state index contributed by atoms with van der Waals surface area (Å²) in [5.74, 6) is -0.318. The molecule has 2 aromatic rings. The van der Waals surface area contributed by atoms with Crippen LogP contribution in [0.4, 0.5) is 4.79 Å². The number of amides is 2. The zero-order valence-electron chi connectivity index (χ0n) is 13.1. The minimum atomic E-state index is -0.318. The Balaban J connectivity index is 1.98. The lowest BCUT2D eigenvalue weighted by Crippen LogP contribution is -2.17. The van der Waals surface area contributed by atoms with Crippen molar-refractivity contribution in [2.24, 2.45) is 0 Å². The van der Waals surface area contributed by atoms with Crippen LogP contribution in [0.1, 0.15) is 25.8 Å². The van der Waals surface area contributed by atoms with Crippen molar-refractivity contribution in [3.05, 3.63) is 52.6 Å². The van der Waals surface area contributed by atoms with E-state index in [4.69, 9.17) is 0 Å². The highest BCUT2D eigenvalue weighted by molar-refractivity contribution is 8.18. The molecular formula is C18H18N2O2S. The molecule has 1 N–H and O–H groups in total. The average Bonchev–Trinajstić information content (AvgIpc) is 3.00. The van der Waals surface area contributed by atoms with Crippen molar-refractivity contribution >= 4 is 39.9 Å². The second kappa shape index (κ2) is 6.46. The number of benzene rings is 1. The molecule has 1 saturated heterocycles. The molecule has 0 bridgehead atoms. The van der Waals surface area contributed by atoms with Gasteiger partial charge in [0.1, 0.15) is 0 Å². The van der Waals surface area contributed by atoms with Gasteiger partial charge in [-0.3, -0.25) is 14.9 Å². The number of imide groups is 1. The van der Waals surface area contributed by atoms with Crippen molar-refractivity contribution in [3.8, 4) is 0 Å². The van der Waals surface area contributed by atoms with Crippen LogP contribution in [0.15, 0.2) is 47.0 Å². The van der Waals surface area contributed by atoms with Crippen LogP contribution < -0.4 is 5.32 Å². The summed E-state index contributed by atoms with van der Waals surface area (Å²) in [7, 11) is 0. The van der Waals surface area contributed by atoms with Gasteiger partial charge in [-0.05, 0) is 44.2 Å². The Morgan fingerprint density at radius 3 is 2.74 bits per heavy atom. The van der Waals surface area contributed by atoms with Crippen LogP contribution in [0.2, 0.25) is 0 Å². The Hall–Kier alpha value is -2.27. The number of carbonyl (C=O) groups is 2. The highest BCUT2D eigenvalue weighted by Gasteiger charge is 2.25. The van der Waals surface area contributed by atoms with Crippen molar-refractivity contribution in [1.29, 1.82) is 0 Å². The number of thioether (sulfide) groups is 1. The molecule has 2 heterocycles. The number of allylic oxidation sites excluding steroid dienone is 2. The predicted octanol–water partition coefficient (Wildman–Crippen LogP) is 4.32. The fraction of sp³-hybridized carbons (Fsp3) is 0.222. The van der Waals surface area contributed by atoms with E-state index in [0.717, 1.165) is 41.2 Å². The molecule has 1 aliphatic heterocycles. The van der Waals surface area contributed by atoms with Gasteiger partial charge in [-0.15, -0.1) is 0 Å². The van der Waals surface area contributed by atoms with Crippen molar-refractivity contribution in [1.82, 2.24) is 9.88 Å². The third-order valence-electron chi connectivity index (χ3n) is 3.67. The lowest BCUT2D eigenvalue weighted by molar-refractivity contribution is -0.115. The van der Waals surface area contributed by atoms with Gasteiger partial charge in [-0.25, -0.2) is 0 Å². The predicted molar refractivity (Wildman–Crippen MR) is 95.1 cm³/mol. The van der Waals surface area contributed by atoms with Crippen LogP contribution in [0.3, 0.4) is 0 Å². The Kier molecular flexibility index (Phi) is 4.39. The van der Waals surface area contributed by atoms with Crippen LogP contribution in [-0.2, 0) is 11.3 Å². The second-order valence-electron chi connectivity index (χ2n) is 5.72. The molecule has 4 nitrogen and oxygen atoms in total. The van der Waals surface area contributed by atoms with Crippen molar-refractivity contribution in [3.63, 3.8) is 0 Å². The first-order chi connectivity index (χ1) is 11.0. The third kappa shape index (κ3) is 3.40. The van der Waals surface area contributed by atoms with E-state index in [1.54, 1.807) is 6.08 Å². The lowest BCUT2D eigenvalue weighted by Gasteiger charge is -2.02. The van der Waals surface area contributed by atoms with E-state index in [9.17, 15) is 9.59 Å². The minimum absolute atomic E-state index is 0.312. The molecule has 1 fully saturated rings. The summed E-state index contributed by atoms with van der Waals surface area (Å²) in [6.07, 6.45) is 7.02. The Bertz CT molecular complexity index is 842. The number of nitrogens with one attached hydrogen (secondary N) is 1. The van der Waals surface area contributed by atoms with Crippen LogP contribution in [-0.4, -0.2) is 15.7 Å². The fourth-order valence-electron chi connectivity index (χ4n) is 2.63. The van der Waals surface area contributed by atoms with Gasteiger partial charge in [0.2, 0.25) is 0 Å². The molecule has 3 rings (SSSR count). The van der Waals surface area contributed by atoms with Gasteiger partial charge in [0, 0.05) is 29.2 Å². The molecule has 0 saturated carbocycles. The van der Waals surface area contributed by atoms with Gasteiger partial charge in [0.25, 0.3) is 11.1 Å². The molecule has 0 spiro atoms. The van der Waals surface area contributed by atoms with Gasteiger partial charge in [0.05, 0.1) is 4.91 Å². The van der Waals surface area contributed by atoms with E-state index in [-0.39, 0.29) is 11.1 Å². The molecule has 0 radical (unpaired) electrons. The topological polar surface area (TPSA) is 51.1 Å². The molecule has 1 aromatic carbocycles. The second-order valence-corrected chi connectivity index (χ2v) is 6.73. The molecule has 1 aromatic heterocycles. The van der Waals surface area contributed by atoms with Crippen molar-refractivity contribution < 1.29 is 9.59 Å². The first-order valence-corrected chi connectivity index (χ1v) is 8.32. The van der Waals surface area contributed by atoms with E-state index in [0.29, 0.717) is 4.91 Å². The monoisotopic (exact) mass is 326 g/mol. The summed E-state index contributed by atoms with van der Waals surface area (Å²) < 4.78 is 2.19. The number of rotatable bonds is 4. The average molecular weight is 326 g/mol. The number of aromatic nitrogens is 1. The van der Waals surface area contributed by atoms with Gasteiger partial charge >= 0.3 is 0 Å². The molecule has 0 atom stereocenters. The summed E-state index contributed by atoms with van der Waals surface area (Å²) in [5.41, 5.74) is 3.41. The zero-order valence-corrected chi connectivity index (χ0v) is 13.9. The molecule has 0 aliphatic carbocycles. The Labute approximate surface area is 139 Å².